The van der Waals surface area contributed by atoms with Crippen LogP contribution in [0.25, 0.3) is 0 Å². The minimum atomic E-state index is -0.288. The third-order valence-corrected chi connectivity index (χ3v) is 7.15. The smallest absolute Gasteiger partial charge is 0.237 e. The van der Waals surface area contributed by atoms with Gasteiger partial charge in [0.25, 0.3) is 0 Å². The maximum Gasteiger partial charge on any atom is 0.237 e. The van der Waals surface area contributed by atoms with Crippen molar-refractivity contribution in [3.63, 3.8) is 0 Å². The van der Waals surface area contributed by atoms with Crippen molar-refractivity contribution in [2.24, 2.45) is 0 Å². The van der Waals surface area contributed by atoms with Crippen LogP contribution in [-0.2, 0) is 16.0 Å². The molecule has 2 amide bonds. The third kappa shape index (κ3) is 7.20. The topological polar surface area (TPSA) is 61.9 Å². The van der Waals surface area contributed by atoms with Gasteiger partial charge in [-0.25, -0.2) is 0 Å². The van der Waals surface area contributed by atoms with E-state index in [1.807, 2.05) is 96.8 Å². The molecule has 1 saturated heterocycles. The van der Waals surface area contributed by atoms with E-state index in [-0.39, 0.29) is 23.9 Å². The molecule has 6 heteroatoms. The van der Waals surface area contributed by atoms with Crippen molar-refractivity contribution >= 4 is 11.8 Å². The lowest BCUT2D eigenvalue weighted by atomic mass is 9.98. The number of hydrogen-bond acceptors (Lipinski definition) is 4. The molecule has 6 nitrogen and oxygen atoms in total. The number of hydrogen-bond donors (Lipinski definition) is 1. The third-order valence-electron chi connectivity index (χ3n) is 7.15. The van der Waals surface area contributed by atoms with Gasteiger partial charge in [-0.2, -0.15) is 0 Å². The van der Waals surface area contributed by atoms with Gasteiger partial charge in [-0.15, -0.1) is 0 Å². The van der Waals surface area contributed by atoms with Crippen LogP contribution in [-0.4, -0.2) is 60.9 Å². The standard InChI is InChI=1S/C31H37N3O3/c1-24(31(36)32-30(26-10-5-3-6-11-26)27-12-7-4-8-13-27)33-20-9-21-34(23-22-33)29(35)19-16-25-14-17-28(37-2)18-15-25/h3-8,10-15,17-18,24,30H,9,16,19-23H2,1-2H3,(H,32,36). The fourth-order valence-electron chi connectivity index (χ4n) is 4.85. The molecule has 1 aliphatic rings. The van der Waals surface area contributed by atoms with Gasteiger partial charge in [0.05, 0.1) is 19.2 Å². The molecule has 0 radical (unpaired) electrons. The van der Waals surface area contributed by atoms with Crippen molar-refractivity contribution in [3.8, 4) is 5.75 Å². The van der Waals surface area contributed by atoms with E-state index in [0.717, 1.165) is 42.0 Å². The molecule has 194 valence electrons. The Labute approximate surface area is 220 Å². The summed E-state index contributed by atoms with van der Waals surface area (Å²) in [4.78, 5) is 30.5. The summed E-state index contributed by atoms with van der Waals surface area (Å²) in [7, 11) is 1.65. The Bertz CT molecular complexity index is 1100. The zero-order valence-electron chi connectivity index (χ0n) is 21.8. The molecule has 3 aromatic rings. The lowest BCUT2D eigenvalue weighted by Gasteiger charge is -2.29. The Morgan fingerprint density at radius 3 is 2.05 bits per heavy atom. The minimum absolute atomic E-state index is 0.00279. The Balaban J connectivity index is 1.32. The average molecular weight is 500 g/mol. The molecule has 1 N–H and O–H groups in total. The van der Waals surface area contributed by atoms with E-state index in [1.54, 1.807) is 7.11 Å². The number of benzene rings is 3. The van der Waals surface area contributed by atoms with Gasteiger partial charge >= 0.3 is 0 Å². The number of carbonyl (C=O) groups is 2. The second-order valence-corrected chi connectivity index (χ2v) is 9.56. The monoisotopic (exact) mass is 499 g/mol. The molecule has 37 heavy (non-hydrogen) atoms. The van der Waals surface area contributed by atoms with Gasteiger partial charge in [-0.1, -0.05) is 72.8 Å². The minimum Gasteiger partial charge on any atom is -0.497 e. The van der Waals surface area contributed by atoms with Gasteiger partial charge in [0.1, 0.15) is 5.75 Å². The summed E-state index contributed by atoms with van der Waals surface area (Å²) < 4.78 is 5.21. The molecule has 1 unspecified atom stereocenters. The first kappa shape index (κ1) is 26.4. The Kier molecular flexibility index (Phi) is 9.33. The molecular formula is C31H37N3O3. The summed E-state index contributed by atoms with van der Waals surface area (Å²) in [6.07, 6.45) is 2.05. The number of ether oxygens (including phenoxy) is 1. The first-order valence-corrected chi connectivity index (χ1v) is 13.1. The van der Waals surface area contributed by atoms with Crippen molar-refractivity contribution in [2.75, 3.05) is 33.3 Å². The predicted molar refractivity (Wildman–Crippen MR) is 146 cm³/mol. The highest BCUT2D eigenvalue weighted by molar-refractivity contribution is 5.82. The summed E-state index contributed by atoms with van der Waals surface area (Å²) in [5.74, 6) is 0.986. The van der Waals surface area contributed by atoms with Gasteiger partial charge < -0.3 is 15.0 Å². The molecule has 1 atom stereocenters. The van der Waals surface area contributed by atoms with E-state index < -0.39 is 0 Å². The maximum atomic E-state index is 13.4. The second-order valence-electron chi connectivity index (χ2n) is 9.56. The number of nitrogens with zero attached hydrogens (tertiary/aromatic N) is 2. The van der Waals surface area contributed by atoms with Crippen molar-refractivity contribution in [1.29, 1.82) is 0 Å². The molecule has 0 aliphatic carbocycles. The van der Waals surface area contributed by atoms with E-state index in [9.17, 15) is 9.59 Å². The van der Waals surface area contributed by atoms with Crippen molar-refractivity contribution in [3.05, 3.63) is 102 Å². The van der Waals surface area contributed by atoms with Crippen LogP contribution in [0, 0.1) is 0 Å². The summed E-state index contributed by atoms with van der Waals surface area (Å²) in [5.41, 5.74) is 3.24. The Morgan fingerprint density at radius 2 is 1.46 bits per heavy atom. The number of methoxy groups -OCH3 is 1. The van der Waals surface area contributed by atoms with E-state index in [2.05, 4.69) is 10.2 Å². The number of rotatable bonds is 9. The van der Waals surface area contributed by atoms with Gasteiger partial charge in [0, 0.05) is 32.6 Å². The summed E-state index contributed by atoms with van der Waals surface area (Å²) in [5, 5.41) is 3.28. The first-order valence-electron chi connectivity index (χ1n) is 13.1. The molecule has 1 heterocycles. The summed E-state index contributed by atoms with van der Waals surface area (Å²) in [6.45, 7) is 4.80. The van der Waals surface area contributed by atoms with E-state index in [0.29, 0.717) is 25.9 Å². The quantitative estimate of drug-likeness (QED) is 0.472. The van der Waals surface area contributed by atoms with Gasteiger partial charge in [-0.05, 0) is 48.6 Å². The van der Waals surface area contributed by atoms with Crippen molar-refractivity contribution in [1.82, 2.24) is 15.1 Å². The van der Waals surface area contributed by atoms with Crippen LogP contribution in [0.3, 0.4) is 0 Å². The van der Waals surface area contributed by atoms with Crippen LogP contribution in [0.4, 0.5) is 0 Å². The van der Waals surface area contributed by atoms with Gasteiger partial charge in [0.15, 0.2) is 0 Å². The molecule has 4 rings (SSSR count). The highest BCUT2D eigenvalue weighted by Crippen LogP contribution is 2.22. The maximum absolute atomic E-state index is 13.4. The Morgan fingerprint density at radius 1 is 0.838 bits per heavy atom. The summed E-state index contributed by atoms with van der Waals surface area (Å²) >= 11 is 0. The zero-order chi connectivity index (χ0) is 26.0. The van der Waals surface area contributed by atoms with Gasteiger partial charge in [0.2, 0.25) is 11.8 Å². The van der Waals surface area contributed by atoms with E-state index >= 15 is 0 Å². The van der Waals surface area contributed by atoms with Crippen molar-refractivity contribution < 1.29 is 14.3 Å². The van der Waals surface area contributed by atoms with Crippen LogP contribution < -0.4 is 10.1 Å². The number of amides is 2. The van der Waals surface area contributed by atoms with E-state index in [1.165, 1.54) is 0 Å². The van der Waals surface area contributed by atoms with Crippen LogP contribution in [0.15, 0.2) is 84.9 Å². The highest BCUT2D eigenvalue weighted by atomic mass is 16.5. The molecule has 0 spiro atoms. The lowest BCUT2D eigenvalue weighted by molar-refractivity contribution is -0.131. The number of nitrogens with one attached hydrogen (secondary N) is 1. The largest absolute Gasteiger partial charge is 0.497 e. The zero-order valence-corrected chi connectivity index (χ0v) is 21.8. The normalized spacial score (nSPS) is 15.2. The highest BCUT2D eigenvalue weighted by Gasteiger charge is 2.27. The molecule has 0 aromatic heterocycles. The first-order chi connectivity index (χ1) is 18.0. The SMILES string of the molecule is COc1ccc(CCC(=O)N2CCCN(C(C)C(=O)NC(c3ccccc3)c3ccccc3)CC2)cc1. The molecule has 3 aromatic carbocycles. The average Bonchev–Trinajstić information content (AvgIpc) is 3.22. The second kappa shape index (κ2) is 13.1. The van der Waals surface area contributed by atoms with Crippen LogP contribution in [0.5, 0.6) is 5.75 Å². The summed E-state index contributed by atoms with van der Waals surface area (Å²) in [6, 6.07) is 27.5. The molecular weight excluding hydrogens is 462 g/mol. The van der Waals surface area contributed by atoms with Crippen LogP contribution >= 0.6 is 0 Å². The predicted octanol–water partition coefficient (Wildman–Crippen LogP) is 4.46. The molecule has 0 saturated carbocycles. The van der Waals surface area contributed by atoms with Gasteiger partial charge in [-0.3, -0.25) is 14.5 Å². The molecule has 1 fully saturated rings. The number of aryl methyl sites for hydroxylation is 1. The fourth-order valence-corrected chi connectivity index (χ4v) is 4.85. The Hall–Kier alpha value is -3.64. The van der Waals surface area contributed by atoms with Crippen molar-refractivity contribution in [2.45, 2.75) is 38.3 Å². The van der Waals surface area contributed by atoms with Crippen LogP contribution in [0.1, 0.15) is 42.5 Å². The van der Waals surface area contributed by atoms with Crippen LogP contribution in [0.2, 0.25) is 0 Å². The fraction of sp³-hybridized carbons (Fsp3) is 0.355. The molecule has 0 bridgehead atoms. The lowest BCUT2D eigenvalue weighted by Crippen LogP contribution is -2.47. The number of carbonyl (C=O) groups excluding carboxylic acids is 2. The van der Waals surface area contributed by atoms with E-state index in [4.69, 9.17) is 4.74 Å². The molecule has 1 aliphatic heterocycles.